The van der Waals surface area contributed by atoms with Crippen LogP contribution in [-0.2, 0) is 4.79 Å². The number of carbonyl (C=O) groups is 1. The molecule has 0 fully saturated rings. The van der Waals surface area contributed by atoms with Gasteiger partial charge in [-0.25, -0.2) is 0 Å². The molecule has 8 heteroatoms. The van der Waals surface area contributed by atoms with Crippen LogP contribution in [0.1, 0.15) is 5.56 Å². The zero-order chi connectivity index (χ0) is 18.7. The maximum atomic E-state index is 11.7. The van der Waals surface area contributed by atoms with Crippen LogP contribution < -0.4 is 10.9 Å². The number of rotatable bonds is 7. The van der Waals surface area contributed by atoms with Gasteiger partial charge in [0.15, 0.2) is 1.41 Å². The molecule has 0 saturated carbocycles. The molecule has 130 valence electrons. The number of anilines is 1. The molecule has 0 spiro atoms. The summed E-state index contributed by atoms with van der Waals surface area (Å²) in [4.78, 5) is 25.7. The number of aromatic nitrogens is 1. The first-order chi connectivity index (χ1) is 11.8. The predicted octanol–water partition coefficient (Wildman–Crippen LogP) is -1.11. The maximum Gasteiger partial charge on any atom is 0.251 e. The maximum absolute atomic E-state index is 11.7. The van der Waals surface area contributed by atoms with Gasteiger partial charge in [-0.3, -0.25) is 4.79 Å². The number of carbonyl (C=O) groups excluding carboxylic acids is 1. The Balaban J connectivity index is 2.35. The van der Waals surface area contributed by atoms with Crippen molar-refractivity contribution in [3.8, 4) is 0 Å². The van der Waals surface area contributed by atoms with E-state index < -0.39 is 31.0 Å². The topological polar surface area (TPSA) is 143 Å². The highest BCUT2D eigenvalue weighted by atomic mass is 16.4. The quantitative estimate of drug-likeness (QED) is 0.352. The molecule has 0 unspecified atom stereocenters. The van der Waals surface area contributed by atoms with Gasteiger partial charge in [0.05, 0.1) is 12.1 Å². The Morgan fingerprint density at radius 3 is 2.62 bits per heavy atom. The van der Waals surface area contributed by atoms with E-state index >= 15 is 0 Å². The molecule has 2 aromatic rings. The molecule has 6 N–H and O–H groups in total. The number of pyridine rings is 1. The second kappa shape index (κ2) is 7.54. The van der Waals surface area contributed by atoms with Crippen molar-refractivity contribution in [2.45, 2.75) is 31.3 Å². The average molecular weight is 337 g/mol. The number of nitrogens with one attached hydrogen (secondary N) is 2. The number of aliphatic hydroxyl groups excluding tert-OH is 4. The van der Waals surface area contributed by atoms with E-state index in [4.69, 9.17) is 6.52 Å². The van der Waals surface area contributed by atoms with Gasteiger partial charge in [-0.05, 0) is 30.5 Å². The zero-order valence-corrected chi connectivity index (χ0v) is 13.0. The van der Waals surface area contributed by atoms with Gasteiger partial charge < -0.3 is 35.5 Å². The Kier molecular flexibility index (Phi) is 5.21. The molecule has 8 nitrogen and oxygen atoms in total. The number of H-pyrrole nitrogens is 1. The van der Waals surface area contributed by atoms with Crippen molar-refractivity contribution in [2.75, 3.05) is 11.9 Å². The fourth-order valence-electron chi connectivity index (χ4n) is 2.28. The van der Waals surface area contributed by atoms with E-state index in [0.29, 0.717) is 16.4 Å². The number of aryl methyl sites for hydroxylation is 1. The summed E-state index contributed by atoms with van der Waals surface area (Å²) < 4.78 is 8.06. The third-order valence-corrected chi connectivity index (χ3v) is 3.73. The molecular formula is C16H20N2O6. The van der Waals surface area contributed by atoms with Crippen LogP contribution in [0.5, 0.6) is 0 Å². The first-order valence-corrected chi connectivity index (χ1v) is 7.32. The predicted molar refractivity (Wildman–Crippen MR) is 87.9 cm³/mol. The van der Waals surface area contributed by atoms with E-state index in [1.165, 1.54) is 12.1 Å². The van der Waals surface area contributed by atoms with E-state index in [1.54, 1.807) is 19.1 Å². The van der Waals surface area contributed by atoms with Crippen molar-refractivity contribution < 1.29 is 26.6 Å². The lowest BCUT2D eigenvalue weighted by Crippen LogP contribution is -2.49. The number of aldehydes is 1. The number of aromatic amines is 1. The largest absolute Gasteiger partial charge is 0.394 e. The van der Waals surface area contributed by atoms with Crippen LogP contribution in [0.4, 0.5) is 5.69 Å². The molecule has 0 radical (unpaired) electrons. The van der Waals surface area contributed by atoms with Crippen LogP contribution in [0, 0.1) is 6.92 Å². The van der Waals surface area contributed by atoms with Gasteiger partial charge in [-0.15, -0.1) is 0 Å². The van der Waals surface area contributed by atoms with E-state index in [0.717, 1.165) is 5.39 Å². The molecule has 1 heterocycles. The number of benzene rings is 1. The van der Waals surface area contributed by atoms with Crippen molar-refractivity contribution >= 4 is 22.9 Å². The van der Waals surface area contributed by atoms with Crippen molar-refractivity contribution in [3.05, 3.63) is 40.2 Å². The molecule has 1 aromatic carbocycles. The molecular weight excluding hydrogens is 316 g/mol. The summed E-state index contributed by atoms with van der Waals surface area (Å²) in [6, 6.07) is 4.81. The Bertz CT molecular complexity index is 811. The van der Waals surface area contributed by atoms with Gasteiger partial charge in [0.25, 0.3) is 5.56 Å². The molecule has 0 saturated heterocycles. The molecule has 4 atom stereocenters. The lowest BCUT2D eigenvalue weighted by molar-refractivity contribution is -0.117. The monoisotopic (exact) mass is 337 g/mol. The minimum atomic E-state index is -1.81. The Morgan fingerprint density at radius 1 is 1.29 bits per heavy atom. The van der Waals surface area contributed by atoms with Gasteiger partial charge in [0.2, 0.25) is 0 Å². The third kappa shape index (κ3) is 3.80. The Hall–Kier alpha value is -2.26. The summed E-state index contributed by atoms with van der Waals surface area (Å²) in [6.07, 6.45) is -5.00. The van der Waals surface area contributed by atoms with Crippen LogP contribution in [-0.4, -0.2) is 62.7 Å². The molecule has 0 aliphatic carbocycles. The van der Waals surface area contributed by atoms with Crippen LogP contribution in [0.25, 0.3) is 10.9 Å². The van der Waals surface area contributed by atoms with Gasteiger partial charge in [0.1, 0.15) is 30.6 Å². The lowest BCUT2D eigenvalue weighted by atomic mass is 10.0. The molecule has 0 bridgehead atoms. The second-order valence-electron chi connectivity index (χ2n) is 5.54. The fraction of sp³-hybridized carbons (Fsp3) is 0.375. The minimum absolute atomic E-state index is 0.189. The highest BCUT2D eigenvalue weighted by Crippen LogP contribution is 2.18. The van der Waals surface area contributed by atoms with Crippen LogP contribution in [0.15, 0.2) is 29.1 Å². The number of aliphatic hydroxyl groups is 4. The SMILES string of the molecule is [2H]N(c1ccc2cc(C)c(=O)[nH]c2c1)[C@@H](C=O)[C@@H](O)[C@H](O)[C@H](O)CO. The summed E-state index contributed by atoms with van der Waals surface area (Å²) in [7, 11) is 0. The minimum Gasteiger partial charge on any atom is -0.394 e. The normalized spacial score (nSPS) is 17.0. The third-order valence-electron chi connectivity index (χ3n) is 3.73. The van der Waals surface area contributed by atoms with Crippen molar-refractivity contribution in [2.24, 2.45) is 0 Å². The lowest BCUT2D eigenvalue weighted by Gasteiger charge is -2.26. The van der Waals surface area contributed by atoms with Crippen molar-refractivity contribution in [1.82, 2.24) is 4.98 Å². The molecule has 24 heavy (non-hydrogen) atoms. The van der Waals surface area contributed by atoms with Crippen molar-refractivity contribution in [3.63, 3.8) is 0 Å². The summed E-state index contributed by atoms with van der Waals surface area (Å²) in [5.74, 6) is 0. The van der Waals surface area contributed by atoms with Gasteiger partial charge in [0, 0.05) is 11.3 Å². The highest BCUT2D eigenvalue weighted by molar-refractivity contribution is 5.83. The fourth-order valence-corrected chi connectivity index (χ4v) is 2.28. The number of hydrogen-bond acceptors (Lipinski definition) is 7. The second-order valence-corrected chi connectivity index (χ2v) is 5.54. The van der Waals surface area contributed by atoms with E-state index in [9.17, 15) is 24.9 Å². The summed E-state index contributed by atoms with van der Waals surface area (Å²) in [6.45, 7) is 0.855. The van der Waals surface area contributed by atoms with E-state index in [1.807, 2.05) is 0 Å². The average Bonchev–Trinajstić information content (AvgIpc) is 2.61. The Labute approximate surface area is 138 Å². The summed E-state index contributed by atoms with van der Waals surface area (Å²) >= 11 is 0. The van der Waals surface area contributed by atoms with Crippen molar-refractivity contribution in [1.29, 1.82) is 0 Å². The highest BCUT2D eigenvalue weighted by Gasteiger charge is 2.31. The number of hydrogen-bond donors (Lipinski definition) is 6. The summed E-state index contributed by atoms with van der Waals surface area (Å²) in [5, 5.41) is 39.4. The molecule has 0 aliphatic rings. The van der Waals surface area contributed by atoms with Crippen LogP contribution in [0.3, 0.4) is 0 Å². The molecule has 2 rings (SSSR count). The summed E-state index contributed by atoms with van der Waals surface area (Å²) in [5.41, 5.74) is 0.884. The smallest absolute Gasteiger partial charge is 0.251 e. The van der Waals surface area contributed by atoms with E-state index in [-0.39, 0.29) is 17.5 Å². The standard InChI is InChI=1S/C16H20N2O6/c1-8-4-9-2-3-10(5-11(9)18-16(8)24)17-12(6-19)14(22)15(23)13(21)7-20/h2-6,12-15,17,20-23H,7H2,1H3,(H,18,24)/t12-,13+,14+,15+/m0/s1/i/hD. The first-order valence-electron chi connectivity index (χ1n) is 7.77. The zero-order valence-electron chi connectivity index (χ0n) is 14.0. The van der Waals surface area contributed by atoms with Crippen LogP contribution >= 0.6 is 0 Å². The molecule has 0 aliphatic heterocycles. The first kappa shape index (κ1) is 16.6. The number of fused-ring (bicyclic) bond motifs is 1. The van der Waals surface area contributed by atoms with Gasteiger partial charge >= 0.3 is 0 Å². The van der Waals surface area contributed by atoms with E-state index in [2.05, 4.69) is 4.98 Å². The molecule has 1 aromatic heterocycles. The van der Waals surface area contributed by atoms with Gasteiger partial charge in [-0.1, -0.05) is 6.07 Å². The van der Waals surface area contributed by atoms with Crippen LogP contribution in [0.2, 0.25) is 1.41 Å². The van der Waals surface area contributed by atoms with Gasteiger partial charge in [-0.2, -0.15) is 0 Å². The Morgan fingerprint density at radius 2 is 2.00 bits per heavy atom. The molecule has 0 amide bonds.